The number of aromatic amines is 1. The van der Waals surface area contributed by atoms with E-state index in [1.807, 2.05) is 31.3 Å². The minimum Gasteiger partial charge on any atom is -0.497 e. The Morgan fingerprint density at radius 2 is 2.16 bits per heavy atom. The molecule has 19 heavy (non-hydrogen) atoms. The van der Waals surface area contributed by atoms with Gasteiger partial charge in [0, 0.05) is 34.9 Å². The van der Waals surface area contributed by atoms with Crippen LogP contribution in [0.2, 0.25) is 5.28 Å². The predicted molar refractivity (Wildman–Crippen MR) is 75.6 cm³/mol. The van der Waals surface area contributed by atoms with Gasteiger partial charge in [-0.3, -0.25) is 0 Å². The van der Waals surface area contributed by atoms with Crippen LogP contribution in [0.5, 0.6) is 5.75 Å². The van der Waals surface area contributed by atoms with Crippen LogP contribution in [0.3, 0.4) is 0 Å². The Labute approximate surface area is 115 Å². The van der Waals surface area contributed by atoms with Gasteiger partial charge in [-0.05, 0) is 36.2 Å². The molecular formula is C14H12ClN3O. The van der Waals surface area contributed by atoms with Gasteiger partial charge in [-0.25, -0.2) is 9.97 Å². The zero-order valence-electron chi connectivity index (χ0n) is 10.6. The average molecular weight is 274 g/mol. The fourth-order valence-electron chi connectivity index (χ4n) is 2.12. The van der Waals surface area contributed by atoms with E-state index >= 15 is 0 Å². The minimum absolute atomic E-state index is 0.253. The monoisotopic (exact) mass is 273 g/mol. The summed E-state index contributed by atoms with van der Waals surface area (Å²) < 4.78 is 5.21. The van der Waals surface area contributed by atoms with Crippen molar-refractivity contribution in [2.45, 2.75) is 6.92 Å². The van der Waals surface area contributed by atoms with Gasteiger partial charge in [-0.1, -0.05) is 0 Å². The highest BCUT2D eigenvalue weighted by atomic mass is 35.5. The summed E-state index contributed by atoms with van der Waals surface area (Å²) >= 11 is 5.88. The van der Waals surface area contributed by atoms with Crippen molar-refractivity contribution in [3.63, 3.8) is 0 Å². The average Bonchev–Trinajstić information content (AvgIpc) is 2.84. The first-order valence-electron chi connectivity index (χ1n) is 5.83. The fourth-order valence-corrected chi connectivity index (χ4v) is 2.25. The first-order chi connectivity index (χ1) is 9.19. The number of hydrogen-bond acceptors (Lipinski definition) is 3. The Morgan fingerprint density at radius 3 is 2.95 bits per heavy atom. The van der Waals surface area contributed by atoms with Crippen molar-refractivity contribution < 1.29 is 4.74 Å². The van der Waals surface area contributed by atoms with Crippen LogP contribution in [0.15, 0.2) is 30.6 Å². The van der Waals surface area contributed by atoms with Crippen LogP contribution < -0.4 is 4.74 Å². The maximum atomic E-state index is 5.88. The molecule has 0 radical (unpaired) electrons. The summed E-state index contributed by atoms with van der Waals surface area (Å²) in [5.41, 5.74) is 3.85. The summed E-state index contributed by atoms with van der Waals surface area (Å²) in [5.74, 6) is 0.818. The number of ether oxygens (including phenoxy) is 1. The maximum absolute atomic E-state index is 5.88. The SMILES string of the molecule is COc1ccc2c(-c3nc(Cl)ncc3C)c[nH]c2c1. The largest absolute Gasteiger partial charge is 0.497 e. The van der Waals surface area contributed by atoms with Crippen molar-refractivity contribution in [3.05, 3.63) is 41.4 Å². The molecule has 3 aromatic rings. The second kappa shape index (κ2) is 4.55. The molecule has 0 amide bonds. The molecule has 0 aliphatic carbocycles. The quantitative estimate of drug-likeness (QED) is 0.726. The van der Waals surface area contributed by atoms with Gasteiger partial charge in [0.1, 0.15) is 5.75 Å². The topological polar surface area (TPSA) is 50.8 Å². The molecule has 0 fully saturated rings. The van der Waals surface area contributed by atoms with Crippen molar-refractivity contribution in [1.82, 2.24) is 15.0 Å². The van der Waals surface area contributed by atoms with Crippen LogP contribution in [-0.2, 0) is 0 Å². The third-order valence-corrected chi connectivity index (χ3v) is 3.27. The van der Waals surface area contributed by atoms with Gasteiger partial charge in [0.05, 0.1) is 12.8 Å². The summed E-state index contributed by atoms with van der Waals surface area (Å²) in [7, 11) is 1.65. The fraction of sp³-hybridized carbons (Fsp3) is 0.143. The van der Waals surface area contributed by atoms with Crippen molar-refractivity contribution in [2.75, 3.05) is 7.11 Å². The lowest BCUT2D eigenvalue weighted by molar-refractivity contribution is 0.415. The molecule has 2 aromatic heterocycles. The normalized spacial score (nSPS) is 10.9. The molecule has 1 aromatic carbocycles. The van der Waals surface area contributed by atoms with Crippen LogP contribution in [-0.4, -0.2) is 22.1 Å². The standard InChI is InChI=1S/C14H12ClN3O/c1-8-6-17-14(15)18-13(8)11-7-16-12-5-9(19-2)3-4-10(11)12/h3-7,16H,1-2H3. The molecule has 96 valence electrons. The van der Waals surface area contributed by atoms with Crippen LogP contribution in [0.25, 0.3) is 22.2 Å². The molecule has 3 rings (SSSR count). The van der Waals surface area contributed by atoms with Crippen LogP contribution in [0.4, 0.5) is 0 Å². The van der Waals surface area contributed by atoms with Crippen molar-refractivity contribution in [1.29, 1.82) is 0 Å². The summed E-state index contributed by atoms with van der Waals surface area (Å²) in [4.78, 5) is 11.5. The van der Waals surface area contributed by atoms with Gasteiger partial charge < -0.3 is 9.72 Å². The number of rotatable bonds is 2. The van der Waals surface area contributed by atoms with Gasteiger partial charge in [0.2, 0.25) is 5.28 Å². The van der Waals surface area contributed by atoms with E-state index < -0.39 is 0 Å². The molecule has 1 N–H and O–H groups in total. The van der Waals surface area contributed by atoms with E-state index in [9.17, 15) is 0 Å². The first kappa shape index (κ1) is 12.0. The summed E-state index contributed by atoms with van der Waals surface area (Å²) in [6.07, 6.45) is 3.66. The number of nitrogens with zero attached hydrogens (tertiary/aromatic N) is 2. The number of fused-ring (bicyclic) bond motifs is 1. The number of benzene rings is 1. The van der Waals surface area contributed by atoms with E-state index in [0.717, 1.165) is 33.5 Å². The third-order valence-electron chi connectivity index (χ3n) is 3.09. The van der Waals surface area contributed by atoms with Gasteiger partial charge in [0.25, 0.3) is 0 Å². The Hall–Kier alpha value is -2.07. The number of nitrogens with one attached hydrogen (secondary N) is 1. The third kappa shape index (κ3) is 2.04. The van der Waals surface area contributed by atoms with Gasteiger partial charge >= 0.3 is 0 Å². The lowest BCUT2D eigenvalue weighted by Crippen LogP contribution is -1.90. The highest BCUT2D eigenvalue weighted by Crippen LogP contribution is 2.31. The second-order valence-corrected chi connectivity index (χ2v) is 4.62. The number of H-pyrrole nitrogens is 1. The number of aromatic nitrogens is 3. The summed E-state index contributed by atoms with van der Waals surface area (Å²) in [6.45, 7) is 1.97. The minimum atomic E-state index is 0.253. The lowest BCUT2D eigenvalue weighted by Gasteiger charge is -2.04. The molecule has 0 bridgehead atoms. The van der Waals surface area contributed by atoms with E-state index in [-0.39, 0.29) is 5.28 Å². The molecule has 0 saturated carbocycles. The molecule has 2 heterocycles. The zero-order chi connectivity index (χ0) is 13.4. The number of methoxy groups -OCH3 is 1. The smallest absolute Gasteiger partial charge is 0.222 e. The number of aryl methyl sites for hydroxylation is 1. The highest BCUT2D eigenvalue weighted by Gasteiger charge is 2.11. The molecule has 0 atom stereocenters. The molecule has 5 heteroatoms. The Balaban J connectivity index is 2.23. The van der Waals surface area contributed by atoms with E-state index in [4.69, 9.17) is 16.3 Å². The van der Waals surface area contributed by atoms with E-state index in [0.29, 0.717) is 0 Å². The van der Waals surface area contributed by atoms with Crippen molar-refractivity contribution in [2.24, 2.45) is 0 Å². The Kier molecular flexibility index (Phi) is 2.87. The lowest BCUT2D eigenvalue weighted by atomic mass is 10.1. The number of halogens is 1. The van der Waals surface area contributed by atoms with Crippen molar-refractivity contribution in [3.8, 4) is 17.0 Å². The van der Waals surface area contributed by atoms with Crippen LogP contribution >= 0.6 is 11.6 Å². The van der Waals surface area contributed by atoms with Gasteiger partial charge in [-0.2, -0.15) is 0 Å². The van der Waals surface area contributed by atoms with Crippen LogP contribution in [0, 0.1) is 6.92 Å². The zero-order valence-corrected chi connectivity index (χ0v) is 11.3. The maximum Gasteiger partial charge on any atom is 0.222 e. The van der Waals surface area contributed by atoms with E-state index in [1.54, 1.807) is 13.3 Å². The Morgan fingerprint density at radius 1 is 1.32 bits per heavy atom. The van der Waals surface area contributed by atoms with Gasteiger partial charge in [0.15, 0.2) is 0 Å². The predicted octanol–water partition coefficient (Wildman–Crippen LogP) is 3.60. The molecule has 0 saturated heterocycles. The Bertz CT molecular complexity index is 752. The van der Waals surface area contributed by atoms with E-state index in [1.165, 1.54) is 0 Å². The molecular weight excluding hydrogens is 262 g/mol. The highest BCUT2D eigenvalue weighted by molar-refractivity contribution is 6.28. The molecule has 0 spiro atoms. The summed E-state index contributed by atoms with van der Waals surface area (Å²) in [6, 6.07) is 5.89. The summed E-state index contributed by atoms with van der Waals surface area (Å²) in [5, 5.41) is 1.34. The molecule has 4 nitrogen and oxygen atoms in total. The van der Waals surface area contributed by atoms with Crippen molar-refractivity contribution >= 4 is 22.5 Å². The second-order valence-electron chi connectivity index (χ2n) is 4.28. The number of hydrogen-bond donors (Lipinski definition) is 1. The molecule has 0 aliphatic heterocycles. The first-order valence-corrected chi connectivity index (χ1v) is 6.21. The molecule has 0 unspecified atom stereocenters. The molecule has 0 aliphatic rings. The van der Waals surface area contributed by atoms with E-state index in [2.05, 4.69) is 15.0 Å². The van der Waals surface area contributed by atoms with Crippen LogP contribution in [0.1, 0.15) is 5.56 Å². The van der Waals surface area contributed by atoms with Gasteiger partial charge in [-0.15, -0.1) is 0 Å².